The van der Waals surface area contributed by atoms with Gasteiger partial charge in [0.2, 0.25) is 0 Å². The number of halogens is 1. The summed E-state index contributed by atoms with van der Waals surface area (Å²) >= 11 is 5.97. The highest BCUT2D eigenvalue weighted by Gasteiger charge is 2.13. The van der Waals surface area contributed by atoms with E-state index in [4.69, 9.17) is 16.3 Å². The summed E-state index contributed by atoms with van der Waals surface area (Å²) in [7, 11) is 0. The number of hydrogen-bond donors (Lipinski definition) is 0. The van der Waals surface area contributed by atoms with Gasteiger partial charge in [-0.25, -0.2) is 0 Å². The van der Waals surface area contributed by atoms with Crippen molar-refractivity contribution >= 4 is 17.9 Å². The molecule has 0 aromatic heterocycles. The second-order valence-electron chi connectivity index (χ2n) is 5.65. The van der Waals surface area contributed by atoms with Crippen LogP contribution in [0.3, 0.4) is 0 Å². The molecule has 0 aliphatic heterocycles. The Morgan fingerprint density at radius 3 is 2.25 bits per heavy atom. The number of rotatable bonds is 3. The summed E-state index contributed by atoms with van der Waals surface area (Å²) in [5, 5.41) is 0.392. The highest BCUT2D eigenvalue weighted by atomic mass is 35.5. The van der Waals surface area contributed by atoms with Crippen LogP contribution in [0.2, 0.25) is 5.02 Å². The van der Waals surface area contributed by atoms with Crippen LogP contribution in [0.5, 0.6) is 11.5 Å². The van der Waals surface area contributed by atoms with Crippen LogP contribution in [-0.2, 0) is 5.41 Å². The zero-order valence-electron chi connectivity index (χ0n) is 11.8. The van der Waals surface area contributed by atoms with E-state index in [1.165, 1.54) is 5.56 Å². The van der Waals surface area contributed by atoms with Crippen LogP contribution in [0.4, 0.5) is 0 Å². The van der Waals surface area contributed by atoms with Crippen molar-refractivity contribution in [2.45, 2.75) is 26.2 Å². The number of ether oxygens (including phenoxy) is 1. The van der Waals surface area contributed by atoms with Gasteiger partial charge in [0, 0.05) is 0 Å². The summed E-state index contributed by atoms with van der Waals surface area (Å²) in [6.07, 6.45) is 0.710. The molecular formula is C17H17ClO2. The molecule has 0 radical (unpaired) electrons. The fourth-order valence-electron chi connectivity index (χ4n) is 1.87. The SMILES string of the molecule is CC(C)(C)c1ccc(Oc2cccc(Cl)c2C=O)cc1. The van der Waals surface area contributed by atoms with Crippen molar-refractivity contribution in [2.75, 3.05) is 0 Å². The van der Waals surface area contributed by atoms with Gasteiger partial charge in [-0.15, -0.1) is 0 Å². The maximum Gasteiger partial charge on any atom is 0.155 e. The van der Waals surface area contributed by atoms with Crippen molar-refractivity contribution in [3.63, 3.8) is 0 Å². The Kier molecular flexibility index (Phi) is 4.15. The van der Waals surface area contributed by atoms with Crippen LogP contribution < -0.4 is 4.74 Å². The summed E-state index contributed by atoms with van der Waals surface area (Å²) in [4.78, 5) is 11.1. The quantitative estimate of drug-likeness (QED) is 0.722. The molecule has 0 spiro atoms. The van der Waals surface area contributed by atoms with Gasteiger partial charge in [0.15, 0.2) is 6.29 Å². The summed E-state index contributed by atoms with van der Waals surface area (Å²) in [5.74, 6) is 1.15. The fourth-order valence-corrected chi connectivity index (χ4v) is 2.08. The summed E-state index contributed by atoms with van der Waals surface area (Å²) < 4.78 is 5.73. The van der Waals surface area contributed by atoms with Crippen LogP contribution in [0.1, 0.15) is 36.7 Å². The lowest BCUT2D eigenvalue weighted by atomic mass is 9.87. The Balaban J connectivity index is 2.27. The van der Waals surface area contributed by atoms with Gasteiger partial charge in [-0.1, -0.05) is 50.6 Å². The lowest BCUT2D eigenvalue weighted by Crippen LogP contribution is -2.10. The zero-order valence-corrected chi connectivity index (χ0v) is 12.6. The Morgan fingerprint density at radius 2 is 1.70 bits per heavy atom. The molecule has 0 N–H and O–H groups in total. The van der Waals surface area contributed by atoms with Gasteiger partial charge < -0.3 is 4.74 Å². The molecule has 0 heterocycles. The molecule has 0 fully saturated rings. The molecule has 2 aromatic carbocycles. The van der Waals surface area contributed by atoms with Crippen LogP contribution in [0.15, 0.2) is 42.5 Å². The fraction of sp³-hybridized carbons (Fsp3) is 0.235. The topological polar surface area (TPSA) is 26.3 Å². The van der Waals surface area contributed by atoms with Crippen molar-refractivity contribution in [2.24, 2.45) is 0 Å². The molecule has 0 amide bonds. The molecule has 0 aliphatic carbocycles. The minimum Gasteiger partial charge on any atom is -0.457 e. The summed E-state index contributed by atoms with van der Waals surface area (Å²) in [6, 6.07) is 13.0. The lowest BCUT2D eigenvalue weighted by molar-refractivity contribution is 0.112. The number of benzene rings is 2. The van der Waals surface area contributed by atoms with Crippen LogP contribution in [-0.4, -0.2) is 6.29 Å². The second kappa shape index (κ2) is 5.68. The molecule has 20 heavy (non-hydrogen) atoms. The Bertz CT molecular complexity index is 610. The van der Waals surface area contributed by atoms with Crippen LogP contribution in [0.25, 0.3) is 0 Å². The first kappa shape index (κ1) is 14.6. The normalized spacial score (nSPS) is 11.2. The largest absolute Gasteiger partial charge is 0.457 e. The van der Waals surface area contributed by atoms with E-state index in [-0.39, 0.29) is 5.41 Å². The minimum atomic E-state index is 0.0997. The first-order valence-corrected chi connectivity index (χ1v) is 6.81. The van der Waals surface area contributed by atoms with Crippen molar-refractivity contribution in [3.05, 3.63) is 58.6 Å². The highest BCUT2D eigenvalue weighted by Crippen LogP contribution is 2.30. The van der Waals surface area contributed by atoms with E-state index < -0.39 is 0 Å². The van der Waals surface area contributed by atoms with Crippen LogP contribution in [0, 0.1) is 0 Å². The van der Waals surface area contributed by atoms with Gasteiger partial charge in [-0.05, 0) is 35.2 Å². The van der Waals surface area contributed by atoms with Gasteiger partial charge in [-0.2, -0.15) is 0 Å². The smallest absolute Gasteiger partial charge is 0.155 e. The van der Waals surface area contributed by atoms with E-state index in [2.05, 4.69) is 20.8 Å². The molecule has 0 aliphatic rings. The molecule has 0 bridgehead atoms. The standard InChI is InChI=1S/C17H17ClO2/c1-17(2,3)12-7-9-13(10-8-12)20-16-6-4-5-15(18)14(16)11-19/h4-11H,1-3H3. The molecule has 3 heteroatoms. The lowest BCUT2D eigenvalue weighted by Gasteiger charge is -2.19. The number of aldehydes is 1. The molecule has 2 rings (SSSR count). The Labute approximate surface area is 124 Å². The first-order valence-electron chi connectivity index (χ1n) is 6.44. The minimum absolute atomic E-state index is 0.0997. The van der Waals surface area contributed by atoms with Crippen LogP contribution >= 0.6 is 11.6 Å². The second-order valence-corrected chi connectivity index (χ2v) is 6.05. The predicted octanol–water partition coefficient (Wildman–Crippen LogP) is 5.24. The molecule has 0 saturated carbocycles. The third-order valence-corrected chi connectivity index (χ3v) is 3.41. The Hall–Kier alpha value is -1.80. The third-order valence-electron chi connectivity index (χ3n) is 3.08. The summed E-state index contributed by atoms with van der Waals surface area (Å²) in [5.41, 5.74) is 1.70. The molecule has 104 valence electrons. The van der Waals surface area contributed by atoms with Gasteiger partial charge in [0.25, 0.3) is 0 Å². The molecule has 0 unspecified atom stereocenters. The van der Waals surface area contributed by atoms with E-state index in [0.717, 1.165) is 0 Å². The van der Waals surface area contributed by atoms with Crippen molar-refractivity contribution in [1.82, 2.24) is 0 Å². The highest BCUT2D eigenvalue weighted by molar-refractivity contribution is 6.33. The molecule has 2 aromatic rings. The number of carbonyl (C=O) groups is 1. The van der Waals surface area contributed by atoms with Gasteiger partial charge in [0.1, 0.15) is 11.5 Å². The first-order chi connectivity index (χ1) is 9.41. The average molecular weight is 289 g/mol. The van der Waals surface area contributed by atoms with E-state index in [1.54, 1.807) is 18.2 Å². The predicted molar refractivity (Wildman–Crippen MR) is 82.1 cm³/mol. The van der Waals surface area contributed by atoms with Crippen molar-refractivity contribution in [3.8, 4) is 11.5 Å². The van der Waals surface area contributed by atoms with E-state index >= 15 is 0 Å². The van der Waals surface area contributed by atoms with Crippen molar-refractivity contribution in [1.29, 1.82) is 0 Å². The van der Waals surface area contributed by atoms with Gasteiger partial charge in [-0.3, -0.25) is 4.79 Å². The summed E-state index contributed by atoms with van der Waals surface area (Å²) in [6.45, 7) is 6.47. The van der Waals surface area contributed by atoms with E-state index in [1.807, 2.05) is 24.3 Å². The number of hydrogen-bond acceptors (Lipinski definition) is 2. The van der Waals surface area contributed by atoms with Gasteiger partial charge >= 0.3 is 0 Å². The van der Waals surface area contributed by atoms with Gasteiger partial charge in [0.05, 0.1) is 10.6 Å². The zero-order chi connectivity index (χ0) is 14.8. The molecular weight excluding hydrogens is 272 g/mol. The molecule has 0 saturated heterocycles. The Morgan fingerprint density at radius 1 is 1.05 bits per heavy atom. The average Bonchev–Trinajstić information content (AvgIpc) is 2.38. The van der Waals surface area contributed by atoms with E-state index in [0.29, 0.717) is 28.4 Å². The number of carbonyl (C=O) groups excluding carboxylic acids is 1. The van der Waals surface area contributed by atoms with E-state index in [9.17, 15) is 4.79 Å². The molecule has 0 atom stereocenters. The molecule has 2 nitrogen and oxygen atoms in total. The van der Waals surface area contributed by atoms with Crippen molar-refractivity contribution < 1.29 is 9.53 Å². The maximum atomic E-state index is 11.1. The monoisotopic (exact) mass is 288 g/mol. The maximum absolute atomic E-state index is 11.1. The third kappa shape index (κ3) is 3.20.